The number of rotatable bonds is 6. The number of methoxy groups -OCH3 is 1. The van der Waals surface area contributed by atoms with Crippen LogP contribution in [0.5, 0.6) is 0 Å². The summed E-state index contributed by atoms with van der Waals surface area (Å²) in [5, 5.41) is 4.64. The van der Waals surface area contributed by atoms with Crippen molar-refractivity contribution in [3.8, 4) is 0 Å². The first-order valence-corrected chi connectivity index (χ1v) is 10.1. The van der Waals surface area contributed by atoms with Gasteiger partial charge in [0, 0.05) is 30.4 Å². The summed E-state index contributed by atoms with van der Waals surface area (Å²) in [7, 11) is 1.33. The number of nitrogens with one attached hydrogen (secondary N) is 1. The van der Waals surface area contributed by atoms with Gasteiger partial charge in [0.2, 0.25) is 0 Å². The van der Waals surface area contributed by atoms with Gasteiger partial charge in [-0.25, -0.2) is 9.59 Å². The van der Waals surface area contributed by atoms with Gasteiger partial charge in [-0.3, -0.25) is 0 Å². The van der Waals surface area contributed by atoms with E-state index in [-0.39, 0.29) is 18.1 Å². The Morgan fingerprint density at radius 1 is 1.41 bits per heavy atom. The van der Waals surface area contributed by atoms with Crippen molar-refractivity contribution in [2.45, 2.75) is 45.3 Å². The number of likely N-dealkylation sites (tertiary alicyclic amines) is 1. The highest BCUT2D eigenvalue weighted by molar-refractivity contribution is 7.10. The molecule has 1 N–H and O–H groups in total. The second-order valence-electron chi connectivity index (χ2n) is 7.55. The highest BCUT2D eigenvalue weighted by Crippen LogP contribution is 2.35. The minimum Gasteiger partial charge on any atom is -0.453 e. The third-order valence-corrected chi connectivity index (χ3v) is 5.15. The van der Waals surface area contributed by atoms with Crippen molar-refractivity contribution < 1.29 is 23.8 Å². The Morgan fingerprint density at radius 2 is 2.19 bits per heavy atom. The summed E-state index contributed by atoms with van der Waals surface area (Å²) in [5.41, 5.74) is -0.507. The zero-order valence-corrected chi connectivity index (χ0v) is 17.3. The van der Waals surface area contributed by atoms with E-state index < -0.39 is 11.7 Å². The average Bonchev–Trinajstić information content (AvgIpc) is 3.14. The van der Waals surface area contributed by atoms with Gasteiger partial charge < -0.3 is 24.4 Å². The fourth-order valence-electron chi connectivity index (χ4n) is 3.06. The van der Waals surface area contributed by atoms with E-state index >= 15 is 0 Å². The number of thiophene rings is 1. The van der Waals surface area contributed by atoms with Crippen molar-refractivity contribution >= 4 is 23.5 Å². The molecule has 1 fully saturated rings. The van der Waals surface area contributed by atoms with Gasteiger partial charge in [-0.05, 0) is 45.1 Å². The van der Waals surface area contributed by atoms with Crippen molar-refractivity contribution in [1.82, 2.24) is 10.2 Å². The van der Waals surface area contributed by atoms with Gasteiger partial charge in [0.05, 0.1) is 19.8 Å². The largest absolute Gasteiger partial charge is 0.453 e. The molecule has 1 aromatic heterocycles. The van der Waals surface area contributed by atoms with Crippen molar-refractivity contribution in [2.75, 3.05) is 33.4 Å². The van der Waals surface area contributed by atoms with Crippen LogP contribution in [0.4, 0.5) is 9.59 Å². The molecule has 0 saturated carbocycles. The number of amides is 2. The summed E-state index contributed by atoms with van der Waals surface area (Å²) in [4.78, 5) is 26.5. The maximum atomic E-state index is 12.4. The molecule has 1 aromatic rings. The van der Waals surface area contributed by atoms with Gasteiger partial charge >= 0.3 is 12.2 Å². The van der Waals surface area contributed by atoms with E-state index in [1.165, 1.54) is 7.11 Å². The van der Waals surface area contributed by atoms with E-state index in [0.717, 1.165) is 17.7 Å². The van der Waals surface area contributed by atoms with Crippen LogP contribution in [0.2, 0.25) is 0 Å². The van der Waals surface area contributed by atoms with E-state index in [1.807, 2.05) is 32.2 Å². The van der Waals surface area contributed by atoms with Crippen LogP contribution in [-0.2, 0) is 14.2 Å². The molecule has 0 spiro atoms. The van der Waals surface area contributed by atoms with Crippen LogP contribution < -0.4 is 5.32 Å². The Kier molecular flexibility index (Phi) is 7.91. The van der Waals surface area contributed by atoms with Crippen LogP contribution in [0.15, 0.2) is 17.5 Å². The molecule has 27 heavy (non-hydrogen) atoms. The van der Waals surface area contributed by atoms with Crippen LogP contribution in [0.25, 0.3) is 0 Å². The lowest BCUT2D eigenvalue weighted by atomic mass is 9.91. The molecule has 0 radical (unpaired) electrons. The summed E-state index contributed by atoms with van der Waals surface area (Å²) in [6, 6.07) is 4.05. The monoisotopic (exact) mass is 398 g/mol. The molecule has 1 saturated heterocycles. The fraction of sp³-hybridized carbons (Fsp3) is 0.684. The van der Waals surface area contributed by atoms with Crippen molar-refractivity contribution in [3.05, 3.63) is 22.4 Å². The first-order chi connectivity index (χ1) is 12.8. The molecular weight excluding hydrogens is 368 g/mol. The smallest absolute Gasteiger partial charge is 0.410 e. The second kappa shape index (κ2) is 9.94. The maximum Gasteiger partial charge on any atom is 0.410 e. The number of hydrogen-bond acceptors (Lipinski definition) is 6. The zero-order chi connectivity index (χ0) is 19.9. The highest BCUT2D eigenvalue weighted by Gasteiger charge is 2.33. The highest BCUT2D eigenvalue weighted by atomic mass is 32.1. The molecule has 0 bridgehead atoms. The topological polar surface area (TPSA) is 77.1 Å². The maximum absolute atomic E-state index is 12.4. The Morgan fingerprint density at radius 3 is 2.81 bits per heavy atom. The van der Waals surface area contributed by atoms with Crippen LogP contribution in [0.3, 0.4) is 0 Å². The van der Waals surface area contributed by atoms with Crippen molar-refractivity contribution in [1.29, 1.82) is 0 Å². The van der Waals surface area contributed by atoms with E-state index in [2.05, 4.69) is 16.1 Å². The normalized spacial score (nSPS) is 18.7. The van der Waals surface area contributed by atoms with Gasteiger partial charge in [0.25, 0.3) is 0 Å². The number of hydrogen-bond donors (Lipinski definition) is 1. The molecule has 2 amide bonds. The van der Waals surface area contributed by atoms with Gasteiger partial charge in [-0.1, -0.05) is 6.07 Å². The van der Waals surface area contributed by atoms with E-state index in [4.69, 9.17) is 9.47 Å². The first-order valence-electron chi connectivity index (χ1n) is 9.25. The summed E-state index contributed by atoms with van der Waals surface area (Å²) in [6.07, 6.45) is 1.03. The molecular formula is C19H30N2O5S. The number of piperidine rings is 1. The fourth-order valence-corrected chi connectivity index (χ4v) is 3.93. The Balaban J connectivity index is 1.97. The molecule has 7 nitrogen and oxygen atoms in total. The van der Waals surface area contributed by atoms with Gasteiger partial charge in [-0.2, -0.15) is 0 Å². The summed E-state index contributed by atoms with van der Waals surface area (Å²) < 4.78 is 16.2. The molecule has 1 aliphatic heterocycles. The van der Waals surface area contributed by atoms with Gasteiger partial charge in [-0.15, -0.1) is 11.3 Å². The van der Waals surface area contributed by atoms with Crippen LogP contribution >= 0.6 is 11.3 Å². The summed E-state index contributed by atoms with van der Waals surface area (Å²) in [5.74, 6) is 0.183. The average molecular weight is 399 g/mol. The minimum atomic E-state index is -0.507. The Bertz CT molecular complexity index is 600. The molecule has 2 rings (SSSR count). The predicted molar refractivity (Wildman–Crippen MR) is 104 cm³/mol. The minimum absolute atomic E-state index is 0.116. The van der Waals surface area contributed by atoms with Crippen LogP contribution in [0, 0.1) is 5.92 Å². The molecule has 1 aliphatic rings. The lowest BCUT2D eigenvalue weighted by molar-refractivity contribution is -0.0231. The van der Waals surface area contributed by atoms with E-state index in [0.29, 0.717) is 26.2 Å². The van der Waals surface area contributed by atoms with Gasteiger partial charge in [0.1, 0.15) is 5.60 Å². The molecule has 2 atom stereocenters. The van der Waals surface area contributed by atoms with Crippen LogP contribution in [-0.4, -0.2) is 56.0 Å². The SMILES string of the molecule is COC(=O)NCCOC(c1cccs1)C1CCCN(C(=O)OC(C)(C)C)C1. The number of carbonyl (C=O) groups excluding carboxylic acids is 2. The molecule has 0 aliphatic carbocycles. The van der Waals surface area contributed by atoms with Crippen molar-refractivity contribution in [2.24, 2.45) is 5.92 Å². The zero-order valence-electron chi connectivity index (χ0n) is 16.5. The first kappa shape index (κ1) is 21.5. The standard InChI is InChI=1S/C19H30N2O5S/c1-19(2,3)26-18(23)21-10-5-7-14(13-21)16(15-8-6-12-27-15)25-11-9-20-17(22)24-4/h6,8,12,14,16H,5,7,9-11,13H2,1-4H3,(H,20,22). The number of ether oxygens (including phenoxy) is 3. The lowest BCUT2D eigenvalue weighted by Crippen LogP contribution is -2.44. The molecule has 0 aromatic carbocycles. The molecule has 2 unspecified atom stereocenters. The summed E-state index contributed by atoms with van der Waals surface area (Å²) in [6.45, 7) is 7.67. The number of carbonyl (C=O) groups is 2. The Labute approximate surface area is 165 Å². The second-order valence-corrected chi connectivity index (χ2v) is 8.53. The summed E-state index contributed by atoms with van der Waals surface area (Å²) >= 11 is 1.64. The molecule has 2 heterocycles. The number of alkyl carbamates (subject to hydrolysis) is 1. The third kappa shape index (κ3) is 7.03. The van der Waals surface area contributed by atoms with Gasteiger partial charge in [0.15, 0.2) is 0 Å². The van der Waals surface area contributed by atoms with Crippen molar-refractivity contribution in [3.63, 3.8) is 0 Å². The Hall–Kier alpha value is -1.80. The molecule has 152 valence electrons. The van der Waals surface area contributed by atoms with Crippen LogP contribution in [0.1, 0.15) is 44.6 Å². The molecule has 8 heteroatoms. The lowest BCUT2D eigenvalue weighted by Gasteiger charge is -2.37. The predicted octanol–water partition coefficient (Wildman–Crippen LogP) is 3.81. The number of nitrogens with zero attached hydrogens (tertiary/aromatic N) is 1. The third-order valence-electron chi connectivity index (χ3n) is 4.22. The van der Waals surface area contributed by atoms with E-state index in [9.17, 15) is 9.59 Å². The quantitative estimate of drug-likeness (QED) is 0.738. The van der Waals surface area contributed by atoms with E-state index in [1.54, 1.807) is 16.2 Å².